The molecule has 0 bridgehead atoms. The first-order chi connectivity index (χ1) is 17.5. The van der Waals surface area contributed by atoms with Crippen molar-refractivity contribution in [3.63, 3.8) is 0 Å². The Hall–Kier alpha value is -3.29. The summed E-state index contributed by atoms with van der Waals surface area (Å²) in [6.45, 7) is 5.46. The number of carbonyl (C=O) groups excluding carboxylic acids is 2. The molecule has 3 aromatic rings. The molecule has 2 fully saturated rings. The van der Waals surface area contributed by atoms with Crippen LogP contribution in [0.2, 0.25) is 10.0 Å². The average Bonchev–Trinajstić information content (AvgIpc) is 2.93. The van der Waals surface area contributed by atoms with Crippen LogP contribution in [0.3, 0.4) is 0 Å². The number of nitrogens with zero attached hydrogens (tertiary/aromatic N) is 5. The molecule has 7 nitrogen and oxygen atoms in total. The first-order valence-electron chi connectivity index (χ1n) is 12.0. The summed E-state index contributed by atoms with van der Waals surface area (Å²) < 4.78 is 0. The molecule has 2 aromatic carbocycles. The molecule has 5 rings (SSSR count). The molecule has 0 unspecified atom stereocenters. The van der Waals surface area contributed by atoms with Crippen molar-refractivity contribution in [1.82, 2.24) is 14.8 Å². The molecule has 0 aliphatic carbocycles. The first-order valence-corrected chi connectivity index (χ1v) is 12.8. The zero-order chi connectivity index (χ0) is 25.1. The number of anilines is 2. The topological polar surface area (TPSA) is 60.0 Å². The fraction of sp³-hybridized carbons (Fsp3) is 0.296. The van der Waals surface area contributed by atoms with Gasteiger partial charge in [0.15, 0.2) is 0 Å². The normalized spacial score (nSPS) is 16.3. The molecule has 2 aliphatic rings. The molecule has 2 amide bonds. The molecule has 0 atom stereocenters. The highest BCUT2D eigenvalue weighted by molar-refractivity contribution is 6.30. The Morgan fingerprint density at radius 2 is 1.03 bits per heavy atom. The van der Waals surface area contributed by atoms with Gasteiger partial charge in [0.1, 0.15) is 5.69 Å². The Bertz CT molecular complexity index is 1110. The molecule has 0 spiro atoms. The Morgan fingerprint density at radius 3 is 1.44 bits per heavy atom. The van der Waals surface area contributed by atoms with Crippen LogP contribution >= 0.6 is 23.2 Å². The van der Waals surface area contributed by atoms with Crippen LogP contribution < -0.4 is 9.80 Å². The Labute approximate surface area is 220 Å². The van der Waals surface area contributed by atoms with Gasteiger partial charge in [-0.2, -0.15) is 0 Å². The van der Waals surface area contributed by atoms with Gasteiger partial charge in [-0.25, -0.2) is 0 Å². The summed E-state index contributed by atoms with van der Waals surface area (Å²) in [7, 11) is 0. The van der Waals surface area contributed by atoms with Gasteiger partial charge in [0.2, 0.25) is 0 Å². The van der Waals surface area contributed by atoms with Gasteiger partial charge in [0.25, 0.3) is 11.8 Å². The molecule has 0 N–H and O–H groups in total. The van der Waals surface area contributed by atoms with Gasteiger partial charge >= 0.3 is 0 Å². The molecule has 3 heterocycles. The van der Waals surface area contributed by atoms with E-state index in [-0.39, 0.29) is 11.8 Å². The molecular weight excluding hydrogens is 497 g/mol. The molecule has 1 aromatic heterocycles. The summed E-state index contributed by atoms with van der Waals surface area (Å²) in [6.07, 6.45) is 1.52. The lowest BCUT2D eigenvalue weighted by Gasteiger charge is -2.36. The predicted molar refractivity (Wildman–Crippen MR) is 143 cm³/mol. The first kappa shape index (κ1) is 24.4. The quantitative estimate of drug-likeness (QED) is 0.509. The Balaban J connectivity index is 1.14. The van der Waals surface area contributed by atoms with E-state index in [4.69, 9.17) is 23.2 Å². The summed E-state index contributed by atoms with van der Waals surface area (Å²) in [5.74, 6) is -0.171. The minimum absolute atomic E-state index is 0.0613. The number of hydrogen-bond donors (Lipinski definition) is 0. The second kappa shape index (κ2) is 10.8. The Morgan fingerprint density at radius 1 is 0.583 bits per heavy atom. The van der Waals surface area contributed by atoms with Crippen LogP contribution in [0.15, 0.2) is 66.9 Å². The zero-order valence-corrected chi connectivity index (χ0v) is 21.3. The van der Waals surface area contributed by atoms with E-state index in [0.29, 0.717) is 47.5 Å². The van der Waals surface area contributed by atoms with Crippen LogP contribution in [-0.4, -0.2) is 79.0 Å². The summed E-state index contributed by atoms with van der Waals surface area (Å²) in [4.78, 5) is 38.4. The molecule has 186 valence electrons. The van der Waals surface area contributed by atoms with Crippen molar-refractivity contribution in [2.24, 2.45) is 0 Å². The second-order valence-corrected chi connectivity index (χ2v) is 9.82. The summed E-state index contributed by atoms with van der Waals surface area (Å²) in [5.41, 5.74) is 3.06. The van der Waals surface area contributed by atoms with E-state index < -0.39 is 0 Å². The molecule has 9 heteroatoms. The Kier molecular flexibility index (Phi) is 7.30. The van der Waals surface area contributed by atoms with Crippen molar-refractivity contribution in [1.29, 1.82) is 0 Å². The van der Waals surface area contributed by atoms with E-state index in [1.54, 1.807) is 12.1 Å². The zero-order valence-electron chi connectivity index (χ0n) is 19.8. The van der Waals surface area contributed by atoms with Gasteiger partial charge in [-0.1, -0.05) is 23.2 Å². The number of pyridine rings is 1. The number of piperazine rings is 2. The smallest absolute Gasteiger partial charge is 0.272 e. The monoisotopic (exact) mass is 523 g/mol. The van der Waals surface area contributed by atoms with Crippen LogP contribution in [-0.2, 0) is 0 Å². The number of amides is 2. The number of aromatic nitrogens is 1. The highest BCUT2D eigenvalue weighted by atomic mass is 35.5. The predicted octanol–water partition coefficient (Wildman–Crippen LogP) is 4.31. The van der Waals surface area contributed by atoms with Crippen LogP contribution in [0.25, 0.3) is 0 Å². The standard InChI is InChI=1S/C27H27Cl2N5O2/c28-21-2-6-23(7-3-21)31-11-15-33(16-12-31)26(35)20-1-10-25(30-19-20)27(36)34-17-13-32(14-18-34)24-8-4-22(29)5-9-24/h1-10,19H,11-18H2. The van der Waals surface area contributed by atoms with Gasteiger partial charge in [0.05, 0.1) is 5.56 Å². The van der Waals surface area contributed by atoms with Crippen molar-refractivity contribution >= 4 is 46.4 Å². The van der Waals surface area contributed by atoms with E-state index in [0.717, 1.165) is 37.6 Å². The van der Waals surface area contributed by atoms with Crippen LogP contribution in [0, 0.1) is 0 Å². The lowest BCUT2D eigenvalue weighted by atomic mass is 10.2. The maximum Gasteiger partial charge on any atom is 0.272 e. The molecular formula is C27H27Cl2N5O2. The van der Waals surface area contributed by atoms with Crippen molar-refractivity contribution in [2.75, 3.05) is 62.2 Å². The fourth-order valence-corrected chi connectivity index (χ4v) is 4.88. The summed E-state index contributed by atoms with van der Waals surface area (Å²) >= 11 is 12.0. The minimum atomic E-state index is -0.110. The number of hydrogen-bond acceptors (Lipinski definition) is 5. The van der Waals surface area contributed by atoms with Crippen LogP contribution in [0.5, 0.6) is 0 Å². The number of carbonyl (C=O) groups is 2. The third-order valence-electron chi connectivity index (χ3n) is 6.75. The number of rotatable bonds is 4. The van der Waals surface area contributed by atoms with E-state index in [9.17, 15) is 9.59 Å². The summed E-state index contributed by atoms with van der Waals surface area (Å²) in [6, 6.07) is 18.9. The molecule has 0 radical (unpaired) electrons. The van der Waals surface area contributed by atoms with Gasteiger partial charge in [0, 0.05) is 80.0 Å². The molecule has 36 heavy (non-hydrogen) atoms. The highest BCUT2D eigenvalue weighted by Crippen LogP contribution is 2.21. The molecule has 2 saturated heterocycles. The maximum absolute atomic E-state index is 13.0. The van der Waals surface area contributed by atoms with Crippen molar-refractivity contribution < 1.29 is 9.59 Å². The van der Waals surface area contributed by atoms with E-state index in [1.807, 2.05) is 58.3 Å². The third-order valence-corrected chi connectivity index (χ3v) is 7.25. The second-order valence-electron chi connectivity index (χ2n) is 8.94. The van der Waals surface area contributed by atoms with E-state index in [1.165, 1.54) is 6.20 Å². The van der Waals surface area contributed by atoms with Gasteiger partial charge in [-0.3, -0.25) is 14.6 Å². The molecule has 0 saturated carbocycles. The number of benzene rings is 2. The third kappa shape index (κ3) is 5.42. The fourth-order valence-electron chi connectivity index (χ4n) is 4.63. The van der Waals surface area contributed by atoms with E-state index >= 15 is 0 Å². The maximum atomic E-state index is 13.0. The van der Waals surface area contributed by atoms with Crippen molar-refractivity contribution in [3.8, 4) is 0 Å². The molecule has 2 aliphatic heterocycles. The SMILES string of the molecule is O=C(c1ccc(C(=O)N2CCN(c3ccc(Cl)cc3)CC2)nc1)N1CCN(c2ccc(Cl)cc2)CC1. The minimum Gasteiger partial charge on any atom is -0.368 e. The number of halogens is 2. The lowest BCUT2D eigenvalue weighted by molar-refractivity contribution is 0.0730. The van der Waals surface area contributed by atoms with Gasteiger partial charge in [-0.05, 0) is 60.7 Å². The van der Waals surface area contributed by atoms with Gasteiger partial charge < -0.3 is 19.6 Å². The summed E-state index contributed by atoms with van der Waals surface area (Å²) in [5, 5.41) is 1.42. The van der Waals surface area contributed by atoms with Crippen LogP contribution in [0.1, 0.15) is 20.8 Å². The highest BCUT2D eigenvalue weighted by Gasteiger charge is 2.25. The van der Waals surface area contributed by atoms with Crippen LogP contribution in [0.4, 0.5) is 11.4 Å². The van der Waals surface area contributed by atoms with E-state index in [2.05, 4.69) is 14.8 Å². The largest absolute Gasteiger partial charge is 0.368 e. The van der Waals surface area contributed by atoms with Gasteiger partial charge in [-0.15, -0.1) is 0 Å². The van der Waals surface area contributed by atoms with Crippen molar-refractivity contribution in [2.45, 2.75) is 0 Å². The average molecular weight is 524 g/mol. The lowest BCUT2D eigenvalue weighted by Crippen LogP contribution is -2.49. The van der Waals surface area contributed by atoms with Crippen molar-refractivity contribution in [3.05, 3.63) is 88.2 Å².